The highest BCUT2D eigenvalue weighted by atomic mass is 35.5. The molecule has 0 aliphatic heterocycles. The maximum absolute atomic E-state index is 13.3. The van der Waals surface area contributed by atoms with E-state index < -0.39 is 0 Å². The average molecular weight is 495 g/mol. The number of methoxy groups -OCH3 is 1. The highest BCUT2D eigenvalue weighted by Gasteiger charge is 2.13. The fourth-order valence-corrected chi connectivity index (χ4v) is 4.21. The van der Waals surface area contributed by atoms with Gasteiger partial charge in [-0.05, 0) is 62.7 Å². The van der Waals surface area contributed by atoms with Gasteiger partial charge < -0.3 is 9.47 Å². The van der Waals surface area contributed by atoms with Crippen LogP contribution in [-0.4, -0.2) is 51.9 Å². The molecule has 0 N–H and O–H groups in total. The molecule has 0 aliphatic rings. The molecule has 0 radical (unpaired) electrons. The summed E-state index contributed by atoms with van der Waals surface area (Å²) in [6, 6.07) is 15.3. The van der Waals surface area contributed by atoms with Gasteiger partial charge in [0, 0.05) is 35.4 Å². The molecule has 8 heteroatoms. The third-order valence-electron chi connectivity index (χ3n) is 6.01. The van der Waals surface area contributed by atoms with E-state index in [4.69, 9.17) is 21.1 Å². The van der Waals surface area contributed by atoms with Crippen molar-refractivity contribution in [1.29, 1.82) is 0 Å². The van der Waals surface area contributed by atoms with E-state index in [0.29, 0.717) is 40.4 Å². The summed E-state index contributed by atoms with van der Waals surface area (Å²) < 4.78 is 14.7. The molecule has 2 aromatic heterocycles. The van der Waals surface area contributed by atoms with Crippen molar-refractivity contribution in [3.63, 3.8) is 0 Å². The van der Waals surface area contributed by atoms with E-state index in [0.717, 1.165) is 30.6 Å². The van der Waals surface area contributed by atoms with Gasteiger partial charge in [-0.15, -0.1) is 0 Å². The predicted octanol–water partition coefficient (Wildman–Crippen LogP) is 5.31. The largest absolute Gasteiger partial charge is 0.493 e. The number of halogens is 1. The van der Waals surface area contributed by atoms with E-state index in [-0.39, 0.29) is 5.56 Å². The van der Waals surface area contributed by atoms with Crippen LogP contribution < -0.4 is 15.0 Å². The molecule has 4 aromatic rings. The monoisotopic (exact) mass is 494 g/mol. The molecule has 2 aromatic carbocycles. The highest BCUT2D eigenvalue weighted by molar-refractivity contribution is 6.30. The zero-order valence-corrected chi connectivity index (χ0v) is 21.3. The second-order valence-electron chi connectivity index (χ2n) is 8.68. The molecule has 0 spiro atoms. The van der Waals surface area contributed by atoms with Crippen LogP contribution in [0.3, 0.4) is 0 Å². The Bertz CT molecular complexity index is 1350. The molecule has 35 heavy (non-hydrogen) atoms. The minimum atomic E-state index is -0.178. The standard InChI is InChI=1S/C27H31ClN4O3/c1-5-12-30(19(2)3)13-14-35-25-11-10-23(16-26(25)34-4)31-18-29-32-17-21(15-24(32)27(31)33)20-6-8-22(28)9-7-20/h6-11,15-19H,5,12-14H2,1-4H3. The first-order valence-electron chi connectivity index (χ1n) is 11.8. The van der Waals surface area contributed by atoms with Crippen LogP contribution in [0.15, 0.2) is 65.8 Å². The summed E-state index contributed by atoms with van der Waals surface area (Å²) in [5.74, 6) is 1.21. The lowest BCUT2D eigenvalue weighted by molar-refractivity contribution is 0.173. The molecule has 7 nitrogen and oxygen atoms in total. The van der Waals surface area contributed by atoms with Gasteiger partial charge in [0.2, 0.25) is 0 Å². The third kappa shape index (κ3) is 5.52. The molecule has 184 valence electrons. The maximum atomic E-state index is 13.3. The molecule has 0 aliphatic carbocycles. The second-order valence-corrected chi connectivity index (χ2v) is 9.12. The summed E-state index contributed by atoms with van der Waals surface area (Å²) in [6.07, 6.45) is 4.45. The first-order chi connectivity index (χ1) is 16.9. The van der Waals surface area contributed by atoms with Gasteiger partial charge in [0.1, 0.15) is 18.5 Å². The van der Waals surface area contributed by atoms with Crippen LogP contribution >= 0.6 is 11.6 Å². The van der Waals surface area contributed by atoms with Crippen molar-refractivity contribution in [2.45, 2.75) is 33.2 Å². The predicted molar refractivity (Wildman–Crippen MR) is 140 cm³/mol. The van der Waals surface area contributed by atoms with Gasteiger partial charge in [-0.1, -0.05) is 30.7 Å². The lowest BCUT2D eigenvalue weighted by Gasteiger charge is -2.26. The van der Waals surface area contributed by atoms with Gasteiger partial charge in [-0.3, -0.25) is 14.3 Å². The summed E-state index contributed by atoms with van der Waals surface area (Å²) in [5, 5.41) is 5.10. The summed E-state index contributed by atoms with van der Waals surface area (Å²) in [7, 11) is 1.60. The minimum Gasteiger partial charge on any atom is -0.493 e. The summed E-state index contributed by atoms with van der Waals surface area (Å²) >= 11 is 6.00. The van der Waals surface area contributed by atoms with Crippen molar-refractivity contribution in [1.82, 2.24) is 19.1 Å². The smallest absolute Gasteiger partial charge is 0.282 e. The molecule has 0 bridgehead atoms. The van der Waals surface area contributed by atoms with Crippen LogP contribution in [-0.2, 0) is 0 Å². The molecule has 0 unspecified atom stereocenters. The maximum Gasteiger partial charge on any atom is 0.282 e. The van der Waals surface area contributed by atoms with E-state index in [9.17, 15) is 4.79 Å². The van der Waals surface area contributed by atoms with Crippen LogP contribution in [0.2, 0.25) is 5.02 Å². The molecular weight excluding hydrogens is 464 g/mol. The van der Waals surface area contributed by atoms with Gasteiger partial charge in [0.05, 0.1) is 12.8 Å². The van der Waals surface area contributed by atoms with Gasteiger partial charge >= 0.3 is 0 Å². The van der Waals surface area contributed by atoms with E-state index >= 15 is 0 Å². The average Bonchev–Trinajstić information content (AvgIpc) is 3.29. The normalized spacial score (nSPS) is 11.5. The minimum absolute atomic E-state index is 0.178. The Kier molecular flexibility index (Phi) is 7.78. The summed E-state index contributed by atoms with van der Waals surface area (Å²) in [5.41, 5.74) is 2.80. The van der Waals surface area contributed by atoms with Crippen LogP contribution in [0.1, 0.15) is 27.2 Å². The fraction of sp³-hybridized carbons (Fsp3) is 0.333. The molecule has 0 atom stereocenters. The quantitative estimate of drug-likeness (QED) is 0.299. The number of hydrogen-bond donors (Lipinski definition) is 0. The lowest BCUT2D eigenvalue weighted by atomic mass is 10.1. The zero-order chi connectivity index (χ0) is 24.9. The van der Waals surface area contributed by atoms with Crippen LogP contribution in [0.4, 0.5) is 0 Å². The molecular formula is C27H31ClN4O3. The van der Waals surface area contributed by atoms with E-state index in [2.05, 4.69) is 30.8 Å². The van der Waals surface area contributed by atoms with Crippen molar-refractivity contribution in [3.05, 3.63) is 76.4 Å². The number of nitrogens with zero attached hydrogens (tertiary/aromatic N) is 4. The van der Waals surface area contributed by atoms with E-state index in [1.54, 1.807) is 17.7 Å². The molecule has 0 fully saturated rings. The summed E-state index contributed by atoms with van der Waals surface area (Å²) in [6.45, 7) is 8.99. The highest BCUT2D eigenvalue weighted by Crippen LogP contribution is 2.29. The molecule has 0 saturated carbocycles. The third-order valence-corrected chi connectivity index (χ3v) is 6.26. The van der Waals surface area contributed by atoms with Gasteiger partial charge in [-0.2, -0.15) is 5.10 Å². The van der Waals surface area contributed by atoms with Gasteiger partial charge in [-0.25, -0.2) is 4.52 Å². The summed E-state index contributed by atoms with van der Waals surface area (Å²) in [4.78, 5) is 15.7. The number of aromatic nitrogens is 3. The van der Waals surface area contributed by atoms with Crippen molar-refractivity contribution >= 4 is 17.1 Å². The molecule has 4 rings (SSSR count). The first-order valence-corrected chi connectivity index (χ1v) is 12.2. The Morgan fingerprint density at radius 1 is 1.03 bits per heavy atom. The van der Waals surface area contributed by atoms with E-state index in [1.165, 1.54) is 10.9 Å². The van der Waals surface area contributed by atoms with Gasteiger partial charge in [0.25, 0.3) is 5.56 Å². The number of benzene rings is 2. The molecule has 2 heterocycles. The molecule has 0 saturated heterocycles. The molecule has 0 amide bonds. The van der Waals surface area contributed by atoms with Crippen molar-refractivity contribution < 1.29 is 9.47 Å². The van der Waals surface area contributed by atoms with Crippen LogP contribution in [0.5, 0.6) is 11.5 Å². The van der Waals surface area contributed by atoms with Gasteiger partial charge in [0.15, 0.2) is 11.5 Å². The zero-order valence-electron chi connectivity index (χ0n) is 20.6. The Morgan fingerprint density at radius 3 is 2.49 bits per heavy atom. The lowest BCUT2D eigenvalue weighted by Crippen LogP contribution is -2.35. The van der Waals surface area contributed by atoms with Crippen molar-refractivity contribution in [2.75, 3.05) is 26.8 Å². The van der Waals surface area contributed by atoms with Crippen LogP contribution in [0, 0.1) is 0 Å². The van der Waals surface area contributed by atoms with Crippen LogP contribution in [0.25, 0.3) is 22.3 Å². The Balaban J connectivity index is 1.58. The number of ether oxygens (including phenoxy) is 2. The number of fused-ring (bicyclic) bond motifs is 1. The SMILES string of the molecule is CCCN(CCOc1ccc(-n2cnn3cc(-c4ccc(Cl)cc4)cc3c2=O)cc1OC)C(C)C. The number of hydrogen-bond acceptors (Lipinski definition) is 5. The first kappa shape index (κ1) is 24.8. The number of rotatable bonds is 10. The Labute approximate surface area is 210 Å². The van der Waals surface area contributed by atoms with Crippen molar-refractivity contribution in [3.8, 4) is 28.3 Å². The topological polar surface area (TPSA) is 61.0 Å². The second kappa shape index (κ2) is 11.0. The van der Waals surface area contributed by atoms with Crippen molar-refractivity contribution in [2.24, 2.45) is 0 Å². The van der Waals surface area contributed by atoms with E-state index in [1.807, 2.05) is 48.7 Å². The fourth-order valence-electron chi connectivity index (χ4n) is 4.09. The Morgan fingerprint density at radius 2 is 1.80 bits per heavy atom. The Hall–Kier alpha value is -3.29.